The smallest absolute Gasteiger partial charge is 1.00 e. The first-order valence-electron chi connectivity index (χ1n) is 4.94. The molecule has 20 nitrogen and oxygen atoms in total. The number of rotatable bonds is 0. The molecule has 162 valence electrons. The first-order valence-corrected chi connectivity index (χ1v) is 4.94. The van der Waals surface area contributed by atoms with Crippen molar-refractivity contribution < 1.29 is 128 Å². The van der Waals surface area contributed by atoms with E-state index in [1.807, 2.05) is 0 Å². The van der Waals surface area contributed by atoms with Crippen LogP contribution >= 0.6 is 0 Å². The number of hydrogen-bond donors (Lipinski definition) is 10. The molecule has 0 aromatic rings. The van der Waals surface area contributed by atoms with Gasteiger partial charge in [-0.05, 0) is 0 Å². The fraction of sp³-hybridized carbons (Fsp3) is 0. The average Bonchev–Trinajstić information content (AvgIpc) is 2.61. The van der Waals surface area contributed by atoms with Crippen LogP contribution in [0.1, 0.15) is 1.43 Å². The molecule has 10 N–H and O–H groups in total. The molecule has 0 radical (unpaired) electrons. The van der Waals surface area contributed by atoms with Crippen molar-refractivity contribution in [3.8, 4) is 0 Å². The van der Waals surface area contributed by atoms with Gasteiger partial charge in [0.05, 0.1) is 0 Å². The number of hydrogen-bond acceptors (Lipinski definition) is 10. The Bertz CT molecular complexity index is 215. The van der Waals surface area contributed by atoms with Gasteiger partial charge < -0.3 is 1.43 Å². The summed E-state index contributed by atoms with van der Waals surface area (Å²) in [6.07, 6.45) is 0. The van der Waals surface area contributed by atoms with E-state index in [0.717, 1.165) is 0 Å². The maximum Gasteiger partial charge on any atom is 1.00 e. The van der Waals surface area contributed by atoms with E-state index in [2.05, 4.69) is 0 Å². The second-order valence-electron chi connectivity index (χ2n) is 1.05. The van der Waals surface area contributed by atoms with Crippen LogP contribution in [0.25, 0.3) is 0 Å². The Morgan fingerprint density at radius 1 is 0.258 bits per heavy atom. The minimum Gasteiger partial charge on any atom is -1.00 e. The second-order valence-corrected chi connectivity index (χ2v) is 1.05. The normalized spacial score (nSPS) is 2.58. The van der Waals surface area contributed by atoms with Crippen LogP contribution in [-0.4, -0.2) is 124 Å². The summed E-state index contributed by atoms with van der Waals surface area (Å²) in [6.45, 7) is 0. The SMILES string of the molecule is O=BO.O=BO.O=BO.O=BO.O=BO.O=BO.O=BO.O=BO.O=BO.O=BO.[H-].[Na+]. The van der Waals surface area contributed by atoms with Gasteiger partial charge in [-0.3, -0.25) is 0 Å². The summed E-state index contributed by atoms with van der Waals surface area (Å²) in [5, 5.41) is 68.9. The molecule has 0 heterocycles. The van der Waals surface area contributed by atoms with E-state index in [4.69, 9.17) is 97.3 Å². The molecule has 0 fully saturated rings. The molecule has 0 aromatic heterocycles. The zero-order chi connectivity index (χ0) is 27.1. The molecule has 0 saturated heterocycles. The van der Waals surface area contributed by atoms with Crippen LogP contribution < -0.4 is 29.6 Å². The summed E-state index contributed by atoms with van der Waals surface area (Å²) < 4.78 is 83.6. The molecule has 31 heavy (non-hydrogen) atoms. The summed E-state index contributed by atoms with van der Waals surface area (Å²) in [7, 11) is -2.50. The van der Waals surface area contributed by atoms with Gasteiger partial charge in [0.15, 0.2) is 0 Å². The topological polar surface area (TPSA) is 373 Å². The minimum atomic E-state index is -0.250. The molecule has 0 saturated carbocycles. The summed E-state index contributed by atoms with van der Waals surface area (Å²) in [6, 6.07) is 0. The molecule has 0 aliphatic heterocycles. The zero-order valence-corrected chi connectivity index (χ0v) is 17.3. The average molecular weight is 462 g/mol. The summed E-state index contributed by atoms with van der Waals surface area (Å²) >= 11 is 0. The van der Waals surface area contributed by atoms with Gasteiger partial charge in [-0.2, -0.15) is 0 Å². The van der Waals surface area contributed by atoms with Gasteiger partial charge in [-0.1, -0.05) is 0 Å². The Hall–Kier alpha value is -2.35. The van der Waals surface area contributed by atoms with E-state index in [-0.39, 0.29) is 105 Å². The molecular formula is H11B10NaO20. The third kappa shape index (κ3) is 3290. The largest absolute Gasteiger partial charge is 1.00 e. The van der Waals surface area contributed by atoms with Gasteiger partial charge in [0.1, 0.15) is 0 Å². The Morgan fingerprint density at radius 3 is 0.258 bits per heavy atom. The molecule has 0 bridgehead atoms. The van der Waals surface area contributed by atoms with E-state index in [1.54, 1.807) is 0 Å². The predicted octanol–water partition coefficient (Wildman–Crippen LogP) is -13.4. The fourth-order valence-electron chi connectivity index (χ4n) is 0. The molecule has 0 atom stereocenters. The third-order valence-corrected chi connectivity index (χ3v) is 0. The Labute approximate surface area is 201 Å². The first-order chi connectivity index (χ1) is 14.1. The van der Waals surface area contributed by atoms with Crippen molar-refractivity contribution in [2.24, 2.45) is 0 Å². The van der Waals surface area contributed by atoms with Crippen molar-refractivity contribution in [2.45, 2.75) is 0 Å². The van der Waals surface area contributed by atoms with Crippen LogP contribution in [0.4, 0.5) is 0 Å². The van der Waals surface area contributed by atoms with Gasteiger partial charge in [0, 0.05) is 0 Å². The summed E-state index contributed by atoms with van der Waals surface area (Å²) in [5.74, 6) is 0. The third-order valence-electron chi connectivity index (χ3n) is 0. The molecule has 0 aromatic carbocycles. The van der Waals surface area contributed by atoms with E-state index in [0.29, 0.717) is 0 Å². The summed E-state index contributed by atoms with van der Waals surface area (Å²) in [5.41, 5.74) is 0. The van der Waals surface area contributed by atoms with Crippen LogP contribution in [0.5, 0.6) is 0 Å². The zero-order valence-electron chi connectivity index (χ0n) is 16.3. The van der Waals surface area contributed by atoms with Crippen molar-refractivity contribution in [3.63, 3.8) is 0 Å². The van der Waals surface area contributed by atoms with Crippen LogP contribution in [-0.2, 0) is 47.0 Å². The maximum atomic E-state index is 8.36. The van der Waals surface area contributed by atoms with Crippen LogP contribution in [0, 0.1) is 0 Å². The van der Waals surface area contributed by atoms with Gasteiger partial charge in [-0.25, -0.2) is 0 Å². The monoisotopic (exact) mass is 464 g/mol. The summed E-state index contributed by atoms with van der Waals surface area (Å²) in [4.78, 5) is 0. The van der Waals surface area contributed by atoms with Gasteiger partial charge in [0.25, 0.3) is 0 Å². The Kier molecular flexibility index (Phi) is 761. The standard InChI is InChI=1S/10BHO2.Na.H/c10*2-1-3;;/h10*2H;;/q;;;;;;;;;;+1;-1. The predicted molar refractivity (Wildman–Crippen MR) is 87.7 cm³/mol. The van der Waals surface area contributed by atoms with E-state index in [9.17, 15) is 0 Å². The van der Waals surface area contributed by atoms with Gasteiger partial charge >= 0.3 is 200 Å². The Morgan fingerprint density at radius 2 is 0.258 bits per heavy atom. The van der Waals surface area contributed by atoms with Gasteiger partial charge in [-0.15, -0.1) is 0 Å². The molecule has 0 amide bonds. The molecule has 0 unspecified atom stereocenters. The van der Waals surface area contributed by atoms with Crippen molar-refractivity contribution in [1.82, 2.24) is 0 Å². The fourth-order valence-corrected chi connectivity index (χ4v) is 0. The first kappa shape index (κ1) is 70.3. The van der Waals surface area contributed by atoms with Crippen molar-refractivity contribution in [2.75, 3.05) is 0 Å². The second kappa shape index (κ2) is 336. The van der Waals surface area contributed by atoms with Crippen molar-refractivity contribution in [1.29, 1.82) is 0 Å². The van der Waals surface area contributed by atoms with E-state index < -0.39 is 0 Å². The van der Waals surface area contributed by atoms with Crippen molar-refractivity contribution >= 4 is 73.5 Å². The molecule has 0 aliphatic rings. The maximum absolute atomic E-state index is 8.36. The molecule has 31 heteroatoms. The minimum absolute atomic E-state index is 0. The van der Waals surface area contributed by atoms with E-state index >= 15 is 0 Å². The molecule has 0 aliphatic carbocycles. The molecule has 0 spiro atoms. The van der Waals surface area contributed by atoms with E-state index in [1.165, 1.54) is 0 Å². The van der Waals surface area contributed by atoms with Crippen LogP contribution in [0.2, 0.25) is 0 Å². The quantitative estimate of drug-likeness (QED) is 0.149. The van der Waals surface area contributed by atoms with Crippen molar-refractivity contribution in [3.05, 3.63) is 0 Å². The molecular weight excluding hydrogens is 451 g/mol. The Balaban J connectivity index is -0.0000000138. The molecule has 0 rings (SSSR count). The van der Waals surface area contributed by atoms with Crippen LogP contribution in [0.15, 0.2) is 0 Å². The van der Waals surface area contributed by atoms with Crippen LogP contribution in [0.3, 0.4) is 0 Å². The van der Waals surface area contributed by atoms with Gasteiger partial charge in [0.2, 0.25) is 0 Å².